The van der Waals surface area contributed by atoms with Gasteiger partial charge >= 0.3 is 6.01 Å². The second kappa shape index (κ2) is 4.73. The van der Waals surface area contributed by atoms with Crippen LogP contribution in [0.1, 0.15) is 13.8 Å². The highest BCUT2D eigenvalue weighted by Gasteiger charge is 2.08. The second-order valence-electron chi connectivity index (χ2n) is 3.71. The van der Waals surface area contributed by atoms with Gasteiger partial charge < -0.3 is 10.5 Å². The van der Waals surface area contributed by atoms with Crippen molar-refractivity contribution in [2.45, 2.75) is 20.0 Å². The van der Waals surface area contributed by atoms with E-state index in [9.17, 15) is 0 Å². The minimum absolute atomic E-state index is 0.0152. The zero-order valence-electron chi connectivity index (χ0n) is 9.66. The summed E-state index contributed by atoms with van der Waals surface area (Å²) in [5, 5.41) is 0. The number of pyridine rings is 1. The number of hydrogen-bond donors (Lipinski definition) is 1. The summed E-state index contributed by atoms with van der Waals surface area (Å²) in [6, 6.07) is 3.88. The topological polar surface area (TPSA) is 86.8 Å². The molecule has 0 amide bonds. The van der Waals surface area contributed by atoms with Crippen molar-refractivity contribution < 1.29 is 4.74 Å². The van der Waals surface area contributed by atoms with Crippen molar-refractivity contribution in [3.63, 3.8) is 0 Å². The predicted molar refractivity (Wildman–Crippen MR) is 63.2 cm³/mol. The van der Waals surface area contributed by atoms with Crippen molar-refractivity contribution in [3.05, 3.63) is 24.5 Å². The van der Waals surface area contributed by atoms with Crippen LogP contribution in [0.4, 0.5) is 5.95 Å². The fourth-order valence-electron chi connectivity index (χ4n) is 1.26. The monoisotopic (exact) mass is 231 g/mol. The van der Waals surface area contributed by atoms with Crippen molar-refractivity contribution in [2.75, 3.05) is 5.73 Å². The molecule has 0 fully saturated rings. The van der Waals surface area contributed by atoms with Gasteiger partial charge in [0.2, 0.25) is 5.95 Å². The fraction of sp³-hybridized carbons (Fsp3) is 0.273. The molecule has 0 saturated carbocycles. The summed E-state index contributed by atoms with van der Waals surface area (Å²) in [5.41, 5.74) is 6.38. The van der Waals surface area contributed by atoms with Gasteiger partial charge in [0.15, 0.2) is 5.82 Å². The minimum Gasteiger partial charge on any atom is -0.461 e. The van der Waals surface area contributed by atoms with Crippen LogP contribution in [0.25, 0.3) is 11.4 Å². The molecule has 2 heterocycles. The smallest absolute Gasteiger partial charge is 0.322 e. The molecule has 0 aliphatic rings. The number of aromatic nitrogens is 4. The van der Waals surface area contributed by atoms with Crippen molar-refractivity contribution >= 4 is 5.95 Å². The summed E-state index contributed by atoms with van der Waals surface area (Å²) in [7, 11) is 0. The van der Waals surface area contributed by atoms with Gasteiger partial charge in [0.1, 0.15) is 0 Å². The highest BCUT2D eigenvalue weighted by atomic mass is 16.5. The van der Waals surface area contributed by atoms with Gasteiger partial charge in [-0.1, -0.05) is 0 Å². The van der Waals surface area contributed by atoms with Crippen LogP contribution >= 0.6 is 0 Å². The van der Waals surface area contributed by atoms with Gasteiger partial charge in [0, 0.05) is 18.0 Å². The number of nitrogens with two attached hydrogens (primary N) is 1. The Balaban J connectivity index is 2.38. The molecule has 6 nitrogen and oxygen atoms in total. The summed E-state index contributed by atoms with van der Waals surface area (Å²) < 4.78 is 5.39. The summed E-state index contributed by atoms with van der Waals surface area (Å²) in [6.07, 6.45) is 3.33. The maximum Gasteiger partial charge on any atom is 0.322 e. The Hall–Kier alpha value is -2.24. The molecule has 0 aromatic carbocycles. The van der Waals surface area contributed by atoms with E-state index in [0.717, 1.165) is 5.56 Å². The number of nitrogens with zero attached hydrogens (tertiary/aromatic N) is 4. The van der Waals surface area contributed by atoms with Crippen LogP contribution in [0.2, 0.25) is 0 Å². The molecule has 2 rings (SSSR count). The fourth-order valence-corrected chi connectivity index (χ4v) is 1.26. The largest absolute Gasteiger partial charge is 0.461 e. The summed E-state index contributed by atoms with van der Waals surface area (Å²) >= 11 is 0. The normalized spacial score (nSPS) is 10.5. The third-order valence-corrected chi connectivity index (χ3v) is 1.89. The predicted octanol–water partition coefficient (Wildman–Crippen LogP) is 1.30. The van der Waals surface area contributed by atoms with Crippen LogP contribution in [-0.4, -0.2) is 26.0 Å². The lowest BCUT2D eigenvalue weighted by Gasteiger charge is -2.08. The van der Waals surface area contributed by atoms with E-state index in [1.165, 1.54) is 0 Å². The minimum atomic E-state index is -0.0152. The lowest BCUT2D eigenvalue weighted by Crippen LogP contribution is -2.11. The Labute approximate surface area is 98.9 Å². The maximum atomic E-state index is 5.61. The first-order valence-electron chi connectivity index (χ1n) is 5.24. The molecule has 0 atom stereocenters. The summed E-state index contributed by atoms with van der Waals surface area (Å²) in [5.74, 6) is 0.593. The zero-order chi connectivity index (χ0) is 12.3. The Kier molecular flexibility index (Phi) is 3.13. The Morgan fingerprint density at radius 1 is 1.24 bits per heavy atom. The van der Waals surface area contributed by atoms with Crippen LogP contribution in [0.3, 0.4) is 0 Å². The SMILES string of the molecule is CC(C)Oc1nc(N)nc(-c2cccnc2)n1. The number of hydrogen-bond acceptors (Lipinski definition) is 6. The van der Waals surface area contributed by atoms with E-state index in [4.69, 9.17) is 10.5 Å². The van der Waals surface area contributed by atoms with Gasteiger partial charge in [-0.25, -0.2) is 0 Å². The van der Waals surface area contributed by atoms with E-state index in [0.29, 0.717) is 5.82 Å². The molecule has 0 spiro atoms. The lowest BCUT2D eigenvalue weighted by atomic mass is 10.3. The maximum absolute atomic E-state index is 5.61. The highest BCUT2D eigenvalue weighted by Crippen LogP contribution is 2.16. The average Bonchev–Trinajstić information content (AvgIpc) is 2.28. The van der Waals surface area contributed by atoms with Crippen LogP contribution in [0, 0.1) is 0 Å². The third kappa shape index (κ3) is 2.87. The molecule has 6 heteroatoms. The van der Waals surface area contributed by atoms with Gasteiger partial charge in [0.25, 0.3) is 0 Å². The lowest BCUT2D eigenvalue weighted by molar-refractivity contribution is 0.222. The second-order valence-corrected chi connectivity index (χ2v) is 3.71. The molecule has 0 radical (unpaired) electrons. The number of rotatable bonds is 3. The molecular formula is C11H13N5O. The van der Waals surface area contributed by atoms with Gasteiger partial charge in [-0.3, -0.25) is 4.98 Å². The van der Waals surface area contributed by atoms with Crippen molar-refractivity contribution in [3.8, 4) is 17.4 Å². The van der Waals surface area contributed by atoms with Gasteiger partial charge in [-0.15, -0.1) is 0 Å². The van der Waals surface area contributed by atoms with E-state index in [1.54, 1.807) is 18.5 Å². The first-order chi connectivity index (χ1) is 8.15. The summed E-state index contributed by atoms with van der Waals surface area (Å²) in [6.45, 7) is 3.79. The zero-order valence-corrected chi connectivity index (χ0v) is 9.66. The van der Waals surface area contributed by atoms with E-state index in [-0.39, 0.29) is 18.1 Å². The summed E-state index contributed by atoms with van der Waals surface area (Å²) in [4.78, 5) is 16.1. The Morgan fingerprint density at radius 2 is 2.06 bits per heavy atom. The third-order valence-electron chi connectivity index (χ3n) is 1.89. The van der Waals surface area contributed by atoms with E-state index in [1.807, 2.05) is 19.9 Å². The average molecular weight is 231 g/mol. The molecule has 2 N–H and O–H groups in total. The van der Waals surface area contributed by atoms with Gasteiger partial charge in [0.05, 0.1) is 6.10 Å². The van der Waals surface area contributed by atoms with E-state index >= 15 is 0 Å². The first-order valence-corrected chi connectivity index (χ1v) is 5.24. The van der Waals surface area contributed by atoms with Crippen LogP contribution in [0.15, 0.2) is 24.5 Å². The van der Waals surface area contributed by atoms with E-state index < -0.39 is 0 Å². The molecule has 17 heavy (non-hydrogen) atoms. The number of nitrogen functional groups attached to an aromatic ring is 1. The molecule has 2 aromatic rings. The van der Waals surface area contributed by atoms with E-state index in [2.05, 4.69) is 19.9 Å². The van der Waals surface area contributed by atoms with Crippen LogP contribution in [-0.2, 0) is 0 Å². The standard InChI is InChI=1S/C11H13N5O/c1-7(2)17-11-15-9(14-10(12)16-11)8-4-3-5-13-6-8/h3-7H,1-2H3,(H2,12,14,15,16). The Morgan fingerprint density at radius 3 is 2.71 bits per heavy atom. The quantitative estimate of drug-likeness (QED) is 0.856. The molecule has 0 bridgehead atoms. The van der Waals surface area contributed by atoms with Crippen LogP contribution < -0.4 is 10.5 Å². The number of ether oxygens (including phenoxy) is 1. The molecule has 0 unspecified atom stereocenters. The molecular weight excluding hydrogens is 218 g/mol. The van der Waals surface area contributed by atoms with Crippen molar-refractivity contribution in [1.29, 1.82) is 0 Å². The number of anilines is 1. The van der Waals surface area contributed by atoms with Gasteiger partial charge in [-0.05, 0) is 26.0 Å². The molecule has 0 aliphatic carbocycles. The highest BCUT2D eigenvalue weighted by molar-refractivity contribution is 5.54. The van der Waals surface area contributed by atoms with Crippen LogP contribution in [0.5, 0.6) is 6.01 Å². The molecule has 2 aromatic heterocycles. The molecule has 0 aliphatic heterocycles. The first kappa shape index (κ1) is 11.3. The van der Waals surface area contributed by atoms with Crippen molar-refractivity contribution in [1.82, 2.24) is 19.9 Å². The molecule has 0 saturated heterocycles. The molecule has 88 valence electrons. The van der Waals surface area contributed by atoms with Crippen molar-refractivity contribution in [2.24, 2.45) is 0 Å². The van der Waals surface area contributed by atoms with Gasteiger partial charge in [-0.2, -0.15) is 15.0 Å². The Bertz CT molecular complexity index is 500.